The molecule has 0 unspecified atom stereocenters. The van der Waals surface area contributed by atoms with Gasteiger partial charge in [-0.15, -0.1) is 11.3 Å². The summed E-state index contributed by atoms with van der Waals surface area (Å²) in [5.74, 6) is -1.77. The summed E-state index contributed by atoms with van der Waals surface area (Å²) < 4.78 is 25.9. The van der Waals surface area contributed by atoms with E-state index in [1.54, 1.807) is 11.4 Å². The molecule has 3 nitrogen and oxygen atoms in total. The number of amides is 1. The second-order valence-electron chi connectivity index (χ2n) is 3.68. The van der Waals surface area contributed by atoms with Crippen LogP contribution in [-0.2, 0) is 6.54 Å². The third-order valence-corrected chi connectivity index (χ3v) is 3.20. The maximum absolute atomic E-state index is 12.9. The summed E-state index contributed by atoms with van der Waals surface area (Å²) in [5.41, 5.74) is 5.90. The maximum atomic E-state index is 12.9. The Morgan fingerprint density at radius 1 is 1.22 bits per heavy atom. The van der Waals surface area contributed by atoms with Gasteiger partial charge in [0.2, 0.25) is 5.91 Å². The van der Waals surface area contributed by atoms with Crippen LogP contribution in [0.5, 0.6) is 0 Å². The lowest BCUT2D eigenvalue weighted by atomic mass is 10.2. The summed E-state index contributed by atoms with van der Waals surface area (Å²) in [5, 5.41) is 4.52. The van der Waals surface area contributed by atoms with Crippen molar-refractivity contribution in [1.82, 2.24) is 0 Å². The van der Waals surface area contributed by atoms with E-state index in [0.717, 1.165) is 10.9 Å². The number of rotatable bonds is 4. The van der Waals surface area contributed by atoms with E-state index < -0.39 is 17.5 Å². The Kier molecular flexibility index (Phi) is 3.57. The van der Waals surface area contributed by atoms with Gasteiger partial charge in [-0.05, 0) is 18.2 Å². The number of thiophene rings is 1. The smallest absolute Gasteiger partial charge is 0.249 e. The van der Waals surface area contributed by atoms with Crippen LogP contribution in [-0.4, -0.2) is 5.91 Å². The number of carbonyl (C=O) groups excluding carboxylic acids is 1. The van der Waals surface area contributed by atoms with E-state index in [9.17, 15) is 13.6 Å². The zero-order valence-electron chi connectivity index (χ0n) is 9.24. The highest BCUT2D eigenvalue weighted by Crippen LogP contribution is 2.18. The lowest BCUT2D eigenvalue weighted by molar-refractivity contribution is 0.100. The highest BCUT2D eigenvalue weighted by atomic mass is 32.1. The number of benzene rings is 1. The Bertz CT molecular complexity index is 563. The van der Waals surface area contributed by atoms with E-state index >= 15 is 0 Å². The van der Waals surface area contributed by atoms with Crippen LogP contribution in [0.3, 0.4) is 0 Å². The van der Waals surface area contributed by atoms with Crippen molar-refractivity contribution in [3.63, 3.8) is 0 Å². The summed E-state index contributed by atoms with van der Waals surface area (Å²) in [6, 6.07) is 4.86. The number of halogens is 2. The molecule has 1 amide bonds. The third-order valence-electron chi connectivity index (χ3n) is 2.27. The van der Waals surface area contributed by atoms with Crippen LogP contribution in [0, 0.1) is 11.6 Å². The van der Waals surface area contributed by atoms with Crippen molar-refractivity contribution in [2.24, 2.45) is 5.73 Å². The topological polar surface area (TPSA) is 55.1 Å². The molecule has 0 aliphatic carbocycles. The van der Waals surface area contributed by atoms with Gasteiger partial charge in [-0.25, -0.2) is 8.78 Å². The lowest BCUT2D eigenvalue weighted by Crippen LogP contribution is -2.09. The van der Waals surface area contributed by atoms with E-state index in [1.807, 2.05) is 0 Å². The van der Waals surface area contributed by atoms with Crippen molar-refractivity contribution in [2.45, 2.75) is 6.54 Å². The summed E-state index contributed by atoms with van der Waals surface area (Å²) in [6.07, 6.45) is 0. The Morgan fingerprint density at radius 3 is 2.44 bits per heavy atom. The fraction of sp³-hybridized carbons (Fsp3) is 0.0833. The predicted octanol–water partition coefficient (Wildman–Crippen LogP) is 2.74. The van der Waals surface area contributed by atoms with Crippen LogP contribution >= 0.6 is 11.3 Å². The summed E-state index contributed by atoms with van der Waals surface area (Å²) in [4.78, 5) is 11.7. The van der Waals surface area contributed by atoms with Crippen LogP contribution in [0.25, 0.3) is 0 Å². The molecular weight excluding hydrogens is 258 g/mol. The Labute approximate surface area is 106 Å². The minimum atomic E-state index is -0.637. The molecule has 0 spiro atoms. The highest BCUT2D eigenvalue weighted by molar-refractivity contribution is 7.10. The normalized spacial score (nSPS) is 10.3. The molecule has 6 heteroatoms. The first-order valence-corrected chi connectivity index (χ1v) is 6.00. The van der Waals surface area contributed by atoms with Crippen LogP contribution in [0.1, 0.15) is 15.2 Å². The van der Waals surface area contributed by atoms with Gasteiger partial charge in [-0.1, -0.05) is 0 Å². The zero-order valence-corrected chi connectivity index (χ0v) is 10.1. The minimum Gasteiger partial charge on any atom is -0.380 e. The monoisotopic (exact) mass is 268 g/mol. The van der Waals surface area contributed by atoms with E-state index in [-0.39, 0.29) is 0 Å². The number of nitrogens with one attached hydrogen (secondary N) is 1. The quantitative estimate of drug-likeness (QED) is 0.895. The molecule has 3 N–H and O–H groups in total. The molecule has 0 saturated heterocycles. The largest absolute Gasteiger partial charge is 0.380 e. The molecule has 0 saturated carbocycles. The Balaban J connectivity index is 2.04. The number of primary amides is 1. The minimum absolute atomic E-state index is 0.349. The average molecular weight is 268 g/mol. The van der Waals surface area contributed by atoms with E-state index in [0.29, 0.717) is 17.8 Å². The standard InChI is InChI=1S/C12H10F2N2OS/c13-8-2-9(14)4-10(3-8)16-5-11-1-7(6-18-11)12(15)17/h1-4,6,16H,5H2,(H2,15,17). The first-order chi connectivity index (χ1) is 8.54. The second-order valence-corrected chi connectivity index (χ2v) is 4.67. The molecule has 1 heterocycles. The van der Waals surface area contributed by atoms with Crippen molar-refractivity contribution < 1.29 is 13.6 Å². The molecular formula is C12H10F2N2OS. The number of anilines is 1. The number of nitrogens with two attached hydrogens (primary N) is 1. The van der Waals surface area contributed by atoms with Gasteiger partial charge in [0, 0.05) is 28.6 Å². The van der Waals surface area contributed by atoms with Crippen molar-refractivity contribution in [1.29, 1.82) is 0 Å². The fourth-order valence-corrected chi connectivity index (χ4v) is 2.26. The summed E-state index contributed by atoms with van der Waals surface area (Å²) in [6.45, 7) is 0.376. The van der Waals surface area contributed by atoms with Gasteiger partial charge in [-0.3, -0.25) is 4.79 Å². The van der Waals surface area contributed by atoms with Crippen molar-refractivity contribution in [3.8, 4) is 0 Å². The molecule has 0 aliphatic heterocycles. The number of carbonyl (C=O) groups is 1. The lowest BCUT2D eigenvalue weighted by Gasteiger charge is -2.04. The Morgan fingerprint density at radius 2 is 1.89 bits per heavy atom. The van der Waals surface area contributed by atoms with Crippen molar-refractivity contribution in [3.05, 3.63) is 51.7 Å². The SMILES string of the molecule is NC(=O)c1csc(CNc2cc(F)cc(F)c2)c1. The third kappa shape index (κ3) is 3.04. The molecule has 94 valence electrons. The molecule has 0 bridgehead atoms. The van der Waals surface area contributed by atoms with Gasteiger partial charge in [0.05, 0.1) is 5.56 Å². The van der Waals surface area contributed by atoms with Crippen LogP contribution < -0.4 is 11.1 Å². The first-order valence-electron chi connectivity index (χ1n) is 5.12. The fourth-order valence-electron chi connectivity index (χ4n) is 1.45. The molecule has 2 rings (SSSR count). The molecule has 1 aromatic carbocycles. The van der Waals surface area contributed by atoms with Gasteiger partial charge in [0.15, 0.2) is 0 Å². The van der Waals surface area contributed by atoms with Gasteiger partial charge in [-0.2, -0.15) is 0 Å². The van der Waals surface area contributed by atoms with Crippen LogP contribution in [0.15, 0.2) is 29.6 Å². The van der Waals surface area contributed by atoms with Crippen molar-refractivity contribution >= 4 is 22.9 Å². The van der Waals surface area contributed by atoms with Gasteiger partial charge in [0.25, 0.3) is 0 Å². The summed E-state index contributed by atoms with van der Waals surface area (Å²) in [7, 11) is 0. The molecule has 1 aromatic heterocycles. The van der Waals surface area contributed by atoms with Crippen molar-refractivity contribution in [2.75, 3.05) is 5.32 Å². The van der Waals surface area contributed by atoms with Gasteiger partial charge in [0.1, 0.15) is 11.6 Å². The first kappa shape index (κ1) is 12.5. The van der Waals surface area contributed by atoms with E-state index in [2.05, 4.69) is 5.32 Å². The summed E-state index contributed by atoms with van der Waals surface area (Å²) >= 11 is 1.35. The number of hydrogen-bond donors (Lipinski definition) is 2. The van der Waals surface area contributed by atoms with E-state index in [1.165, 1.54) is 23.5 Å². The molecule has 0 aliphatic rings. The van der Waals surface area contributed by atoms with Gasteiger partial charge < -0.3 is 11.1 Å². The molecule has 2 aromatic rings. The molecule has 0 fully saturated rings. The van der Waals surface area contributed by atoms with Gasteiger partial charge >= 0.3 is 0 Å². The average Bonchev–Trinajstić information content (AvgIpc) is 2.73. The highest BCUT2D eigenvalue weighted by Gasteiger charge is 2.05. The molecule has 0 radical (unpaired) electrons. The second kappa shape index (κ2) is 5.14. The Hall–Kier alpha value is -1.95. The predicted molar refractivity (Wildman–Crippen MR) is 66.5 cm³/mol. The van der Waals surface area contributed by atoms with Crippen LogP contribution in [0.2, 0.25) is 0 Å². The number of hydrogen-bond acceptors (Lipinski definition) is 3. The molecule has 0 atom stereocenters. The zero-order chi connectivity index (χ0) is 13.1. The molecule has 18 heavy (non-hydrogen) atoms. The van der Waals surface area contributed by atoms with E-state index in [4.69, 9.17) is 5.73 Å². The maximum Gasteiger partial charge on any atom is 0.249 e. The van der Waals surface area contributed by atoms with Crippen LogP contribution in [0.4, 0.5) is 14.5 Å².